The van der Waals surface area contributed by atoms with Gasteiger partial charge in [0, 0.05) is 5.69 Å². The highest BCUT2D eigenvalue weighted by Gasteiger charge is 2.30. The van der Waals surface area contributed by atoms with Gasteiger partial charge in [-0.15, -0.1) is 0 Å². The number of allylic oxidation sites excluding steroid dienone is 1. The molecule has 1 aliphatic rings. The highest BCUT2D eigenvalue weighted by atomic mass is 19.1. The number of aliphatic hydroxyl groups is 1. The Morgan fingerprint density at radius 1 is 1.14 bits per heavy atom. The van der Waals surface area contributed by atoms with Crippen molar-refractivity contribution in [1.29, 1.82) is 0 Å². The maximum Gasteiger partial charge on any atom is 0.230 e. The lowest BCUT2D eigenvalue weighted by Crippen LogP contribution is -2.31. The number of hydrogen-bond donors (Lipinski definition) is 2. The van der Waals surface area contributed by atoms with E-state index in [-0.39, 0.29) is 24.9 Å². The van der Waals surface area contributed by atoms with Crippen molar-refractivity contribution in [2.24, 2.45) is 11.8 Å². The molecule has 3 rings (SSSR count). The standard InChI is InChI=1S/C26H32FNO4.2C2H6/c1-4-5-25(32-15-19-7-6-17(2)23(27)14-19)18(3)26(30)28-21-10-12-22(13-11-21)31-16-24(29)20-8-9-20;2*1-2/h4-7,10-14,18,20,24-25,29H,8-9,15-16H2,1-3H3,(H,28,30);2*1-2H3/b5-4-;;. The number of nitrogens with one attached hydrogen (secondary N) is 1. The largest absolute Gasteiger partial charge is 0.491 e. The zero-order chi connectivity index (χ0) is 27.1. The molecule has 2 aromatic carbocycles. The van der Waals surface area contributed by atoms with Gasteiger partial charge in [0.25, 0.3) is 0 Å². The average molecular weight is 502 g/mol. The third kappa shape index (κ3) is 10.5. The van der Waals surface area contributed by atoms with Crippen LogP contribution in [-0.2, 0) is 16.1 Å². The minimum atomic E-state index is -0.453. The van der Waals surface area contributed by atoms with Gasteiger partial charge in [-0.25, -0.2) is 4.39 Å². The fraction of sp³-hybridized carbons (Fsp3) is 0.500. The molecule has 2 aromatic rings. The molecule has 3 atom stereocenters. The summed E-state index contributed by atoms with van der Waals surface area (Å²) in [6.45, 7) is 13.9. The number of carbonyl (C=O) groups excluding carboxylic acids is 1. The summed E-state index contributed by atoms with van der Waals surface area (Å²) >= 11 is 0. The van der Waals surface area contributed by atoms with Crippen LogP contribution in [0.25, 0.3) is 0 Å². The number of aliphatic hydroxyl groups excluding tert-OH is 1. The van der Waals surface area contributed by atoms with E-state index >= 15 is 0 Å². The van der Waals surface area contributed by atoms with Crippen molar-refractivity contribution in [3.63, 3.8) is 0 Å². The van der Waals surface area contributed by atoms with Gasteiger partial charge >= 0.3 is 0 Å². The Balaban J connectivity index is 0.00000154. The van der Waals surface area contributed by atoms with Crippen LogP contribution in [0.3, 0.4) is 0 Å². The van der Waals surface area contributed by atoms with E-state index in [1.165, 1.54) is 6.07 Å². The highest BCUT2D eigenvalue weighted by molar-refractivity contribution is 5.92. The van der Waals surface area contributed by atoms with E-state index in [0.29, 0.717) is 22.9 Å². The van der Waals surface area contributed by atoms with E-state index in [9.17, 15) is 14.3 Å². The first kappa shape index (κ1) is 31.3. The van der Waals surface area contributed by atoms with E-state index in [1.807, 2.05) is 52.8 Å². The SMILES string of the molecule is C/C=C\C(OCc1ccc(C)c(F)c1)C(C)C(=O)Nc1ccc(OCC(O)C2CC2)cc1.CC.CC. The van der Waals surface area contributed by atoms with E-state index in [0.717, 1.165) is 18.4 Å². The third-order valence-electron chi connectivity index (χ3n) is 5.68. The molecule has 1 aliphatic carbocycles. The predicted molar refractivity (Wildman–Crippen MR) is 146 cm³/mol. The van der Waals surface area contributed by atoms with Crippen molar-refractivity contribution in [1.82, 2.24) is 0 Å². The van der Waals surface area contributed by atoms with Gasteiger partial charge in [0.1, 0.15) is 18.2 Å². The maximum atomic E-state index is 13.8. The molecule has 36 heavy (non-hydrogen) atoms. The number of halogens is 1. The quantitative estimate of drug-likeness (QED) is 0.323. The molecular formula is C30H44FNO4. The van der Waals surface area contributed by atoms with Crippen molar-refractivity contribution in [3.8, 4) is 5.75 Å². The second-order valence-corrected chi connectivity index (χ2v) is 8.40. The fourth-order valence-corrected chi connectivity index (χ4v) is 3.31. The molecule has 0 spiro atoms. The number of amides is 1. The Morgan fingerprint density at radius 3 is 2.33 bits per heavy atom. The minimum absolute atomic E-state index is 0.180. The zero-order valence-electron chi connectivity index (χ0n) is 22.9. The van der Waals surface area contributed by atoms with Crippen LogP contribution in [0.5, 0.6) is 5.75 Å². The minimum Gasteiger partial charge on any atom is -0.491 e. The first-order valence-electron chi connectivity index (χ1n) is 13.1. The number of hydrogen-bond acceptors (Lipinski definition) is 4. The number of rotatable bonds is 11. The van der Waals surface area contributed by atoms with Crippen LogP contribution in [0.15, 0.2) is 54.6 Å². The van der Waals surface area contributed by atoms with Gasteiger partial charge in [-0.3, -0.25) is 4.79 Å². The first-order valence-corrected chi connectivity index (χ1v) is 13.1. The van der Waals surface area contributed by atoms with E-state index < -0.39 is 18.1 Å². The average Bonchev–Trinajstić information content (AvgIpc) is 3.75. The lowest BCUT2D eigenvalue weighted by molar-refractivity contribution is -0.123. The van der Waals surface area contributed by atoms with E-state index in [2.05, 4.69) is 5.32 Å². The van der Waals surface area contributed by atoms with Crippen LogP contribution in [0.2, 0.25) is 0 Å². The molecule has 0 saturated heterocycles. The summed E-state index contributed by atoms with van der Waals surface area (Å²) in [7, 11) is 0. The molecule has 1 amide bonds. The molecule has 1 saturated carbocycles. The van der Waals surface area contributed by atoms with Crippen LogP contribution in [0.1, 0.15) is 65.5 Å². The summed E-state index contributed by atoms with van der Waals surface area (Å²) in [5, 5.41) is 12.8. The third-order valence-corrected chi connectivity index (χ3v) is 5.68. The van der Waals surface area contributed by atoms with Crippen LogP contribution in [-0.4, -0.2) is 29.8 Å². The van der Waals surface area contributed by atoms with Crippen molar-refractivity contribution < 1.29 is 23.8 Å². The molecule has 0 radical (unpaired) electrons. The van der Waals surface area contributed by atoms with Gasteiger partial charge in [0.15, 0.2) is 0 Å². The second kappa shape index (κ2) is 16.9. The van der Waals surface area contributed by atoms with Crippen molar-refractivity contribution in [2.45, 2.75) is 80.1 Å². The molecule has 3 unspecified atom stereocenters. The molecule has 6 heteroatoms. The van der Waals surface area contributed by atoms with Crippen LogP contribution >= 0.6 is 0 Å². The van der Waals surface area contributed by atoms with E-state index in [1.54, 1.807) is 44.2 Å². The summed E-state index contributed by atoms with van der Waals surface area (Å²) in [5.74, 6) is 0.115. The first-order chi connectivity index (χ1) is 17.4. The van der Waals surface area contributed by atoms with E-state index in [4.69, 9.17) is 9.47 Å². The topological polar surface area (TPSA) is 67.8 Å². The number of ether oxygens (including phenoxy) is 2. The summed E-state index contributed by atoms with van der Waals surface area (Å²) in [6, 6.07) is 12.1. The van der Waals surface area contributed by atoms with Gasteiger partial charge in [-0.05, 0) is 74.1 Å². The van der Waals surface area contributed by atoms with Crippen molar-refractivity contribution >= 4 is 11.6 Å². The molecule has 1 fully saturated rings. The molecule has 0 heterocycles. The zero-order valence-corrected chi connectivity index (χ0v) is 22.9. The Morgan fingerprint density at radius 2 is 1.78 bits per heavy atom. The van der Waals surface area contributed by atoms with Crippen LogP contribution in [0.4, 0.5) is 10.1 Å². The second-order valence-electron chi connectivity index (χ2n) is 8.40. The van der Waals surface area contributed by atoms with Crippen molar-refractivity contribution in [2.75, 3.05) is 11.9 Å². The Kier molecular flexibility index (Phi) is 14.7. The number of benzene rings is 2. The van der Waals surface area contributed by atoms with Gasteiger partial charge in [-0.1, -0.05) is 58.9 Å². The monoisotopic (exact) mass is 501 g/mol. The predicted octanol–water partition coefficient (Wildman–Crippen LogP) is 7.07. The summed E-state index contributed by atoms with van der Waals surface area (Å²) in [5.41, 5.74) is 1.95. The molecule has 200 valence electrons. The lowest BCUT2D eigenvalue weighted by atomic mass is 10.0. The fourth-order valence-electron chi connectivity index (χ4n) is 3.31. The Bertz CT molecular complexity index is 925. The molecule has 0 bridgehead atoms. The van der Waals surface area contributed by atoms with Gasteiger partial charge in [-0.2, -0.15) is 0 Å². The molecule has 0 aliphatic heterocycles. The Hall–Kier alpha value is -2.70. The molecule has 5 nitrogen and oxygen atoms in total. The number of carbonyl (C=O) groups is 1. The summed E-state index contributed by atoms with van der Waals surface area (Å²) in [4.78, 5) is 12.8. The number of anilines is 1. The maximum absolute atomic E-state index is 13.8. The van der Waals surface area contributed by atoms with Gasteiger partial charge in [0.05, 0.1) is 24.7 Å². The summed E-state index contributed by atoms with van der Waals surface area (Å²) in [6.07, 6.45) is 4.93. The Labute approximate surface area is 216 Å². The van der Waals surface area contributed by atoms with Gasteiger partial charge < -0.3 is 19.9 Å². The number of aryl methyl sites for hydroxylation is 1. The normalized spacial score (nSPS) is 15.0. The van der Waals surface area contributed by atoms with Crippen molar-refractivity contribution in [3.05, 3.63) is 71.6 Å². The smallest absolute Gasteiger partial charge is 0.230 e. The molecule has 0 aromatic heterocycles. The molecular weight excluding hydrogens is 457 g/mol. The van der Waals surface area contributed by atoms with Crippen LogP contribution in [0, 0.1) is 24.6 Å². The lowest BCUT2D eigenvalue weighted by Gasteiger charge is -2.21. The van der Waals surface area contributed by atoms with Gasteiger partial charge in [0.2, 0.25) is 5.91 Å². The molecule has 2 N–H and O–H groups in total. The summed E-state index contributed by atoms with van der Waals surface area (Å²) < 4.78 is 25.3. The van der Waals surface area contributed by atoms with Crippen LogP contribution < -0.4 is 10.1 Å². The highest BCUT2D eigenvalue weighted by Crippen LogP contribution is 2.32.